The third-order valence-corrected chi connectivity index (χ3v) is 7.08. The maximum atomic E-state index is 12.7. The number of rotatable bonds is 18. The second-order valence-corrected chi connectivity index (χ2v) is 10.1. The van der Waals surface area contributed by atoms with E-state index in [-0.39, 0.29) is 11.9 Å². The lowest BCUT2D eigenvalue weighted by molar-refractivity contribution is 0.0937. The fourth-order valence-electron chi connectivity index (χ4n) is 4.97. The van der Waals surface area contributed by atoms with Crippen molar-refractivity contribution in [2.45, 2.75) is 116 Å². The summed E-state index contributed by atoms with van der Waals surface area (Å²) in [5.74, 6) is 0.800. The summed E-state index contributed by atoms with van der Waals surface area (Å²) in [6, 6.07) is 11.7. The number of amides is 1. The summed E-state index contributed by atoms with van der Waals surface area (Å²) in [5.41, 5.74) is 2.70. The fraction of sp³-hybridized carbons (Fsp3) is 0.581. The Kier molecular flexibility index (Phi) is 12.5. The average molecular weight is 491 g/mol. The molecule has 2 heterocycles. The Morgan fingerprint density at radius 3 is 2.06 bits per heavy atom. The predicted molar refractivity (Wildman–Crippen MR) is 150 cm³/mol. The van der Waals surface area contributed by atoms with E-state index in [1.54, 1.807) is 24.5 Å². The Morgan fingerprint density at radius 1 is 0.833 bits per heavy atom. The number of nitrogens with zero attached hydrogens (tertiary/aromatic N) is 3. The smallest absolute Gasteiger partial charge is 0.253 e. The predicted octanol–water partition coefficient (Wildman–Crippen LogP) is 8.40. The molecule has 3 aromatic rings. The van der Waals surface area contributed by atoms with E-state index in [0.29, 0.717) is 5.56 Å². The molecule has 36 heavy (non-hydrogen) atoms. The highest BCUT2D eigenvalue weighted by atomic mass is 16.1. The first-order valence-electron chi connectivity index (χ1n) is 14.4. The summed E-state index contributed by atoms with van der Waals surface area (Å²) in [4.78, 5) is 21.6. The lowest BCUT2D eigenvalue weighted by Crippen LogP contribution is -2.28. The van der Waals surface area contributed by atoms with Crippen LogP contribution in [-0.2, 0) is 6.54 Å². The van der Waals surface area contributed by atoms with Gasteiger partial charge in [-0.05, 0) is 37.6 Å². The Bertz CT molecular complexity index is 1010. The summed E-state index contributed by atoms with van der Waals surface area (Å²) in [6.07, 6.45) is 22.3. The Morgan fingerprint density at radius 2 is 1.44 bits per heavy atom. The standard InChI is InChI=1S/C31H46N4O/c1-3-4-5-6-7-8-9-10-11-12-13-14-15-18-24-35-29-22-17-16-21-28(29)34-30(35)26(2)33-31(36)27-20-19-23-32-25-27/h16-17,19-23,25-26H,3-15,18,24H2,1-2H3,(H,33,36). The van der Waals surface area contributed by atoms with E-state index in [1.165, 1.54) is 83.5 Å². The number of carbonyl (C=O) groups excluding carboxylic acids is 1. The van der Waals surface area contributed by atoms with Crippen molar-refractivity contribution < 1.29 is 4.79 Å². The van der Waals surface area contributed by atoms with Gasteiger partial charge in [-0.3, -0.25) is 9.78 Å². The topological polar surface area (TPSA) is 59.8 Å². The van der Waals surface area contributed by atoms with Crippen LogP contribution in [0.1, 0.15) is 126 Å². The molecule has 3 rings (SSSR count). The van der Waals surface area contributed by atoms with Crippen molar-refractivity contribution in [1.82, 2.24) is 19.9 Å². The third kappa shape index (κ3) is 9.07. The van der Waals surface area contributed by atoms with Gasteiger partial charge < -0.3 is 9.88 Å². The second kappa shape index (κ2) is 16.1. The van der Waals surface area contributed by atoms with Crippen molar-refractivity contribution in [1.29, 1.82) is 0 Å². The maximum absolute atomic E-state index is 12.7. The van der Waals surface area contributed by atoms with E-state index in [4.69, 9.17) is 4.98 Å². The minimum atomic E-state index is -0.184. The van der Waals surface area contributed by atoms with Crippen LogP contribution < -0.4 is 5.32 Å². The summed E-state index contributed by atoms with van der Waals surface area (Å²) in [6.45, 7) is 5.22. The van der Waals surface area contributed by atoms with Crippen molar-refractivity contribution in [3.63, 3.8) is 0 Å². The van der Waals surface area contributed by atoms with E-state index in [9.17, 15) is 4.79 Å². The highest BCUT2D eigenvalue weighted by Gasteiger charge is 2.19. The highest BCUT2D eigenvalue weighted by molar-refractivity contribution is 5.94. The Labute approximate surface area is 218 Å². The van der Waals surface area contributed by atoms with E-state index < -0.39 is 0 Å². The number of para-hydroxylation sites is 2. The van der Waals surface area contributed by atoms with Crippen LogP contribution >= 0.6 is 0 Å². The highest BCUT2D eigenvalue weighted by Crippen LogP contribution is 2.22. The summed E-state index contributed by atoms with van der Waals surface area (Å²) in [5, 5.41) is 3.10. The minimum absolute atomic E-state index is 0.120. The maximum Gasteiger partial charge on any atom is 0.253 e. The van der Waals surface area contributed by atoms with Crippen molar-refractivity contribution in [3.8, 4) is 0 Å². The van der Waals surface area contributed by atoms with E-state index in [1.807, 2.05) is 13.0 Å². The van der Waals surface area contributed by atoms with Gasteiger partial charge in [0.05, 0.1) is 22.6 Å². The molecule has 1 aromatic carbocycles. The molecule has 0 radical (unpaired) electrons. The number of fused-ring (bicyclic) bond motifs is 1. The zero-order valence-electron chi connectivity index (χ0n) is 22.6. The molecule has 0 bridgehead atoms. The van der Waals surface area contributed by atoms with Crippen LogP contribution in [0.3, 0.4) is 0 Å². The van der Waals surface area contributed by atoms with E-state index in [2.05, 4.69) is 40.0 Å². The van der Waals surface area contributed by atoms with Gasteiger partial charge in [-0.1, -0.05) is 103 Å². The first kappa shape index (κ1) is 27.9. The Balaban J connectivity index is 1.39. The van der Waals surface area contributed by atoms with Gasteiger partial charge in [0.2, 0.25) is 0 Å². The molecule has 1 unspecified atom stereocenters. The van der Waals surface area contributed by atoms with Crippen LogP contribution in [0.5, 0.6) is 0 Å². The number of aryl methyl sites for hydroxylation is 1. The average Bonchev–Trinajstić information content (AvgIpc) is 3.28. The van der Waals surface area contributed by atoms with Crippen molar-refractivity contribution >= 4 is 16.9 Å². The van der Waals surface area contributed by atoms with Crippen LogP contribution in [-0.4, -0.2) is 20.4 Å². The van der Waals surface area contributed by atoms with Crippen LogP contribution in [0, 0.1) is 0 Å². The SMILES string of the molecule is CCCCCCCCCCCCCCCCn1c(C(C)NC(=O)c2cccnc2)nc2ccccc21. The molecule has 1 atom stereocenters. The number of aromatic nitrogens is 3. The Hall–Kier alpha value is -2.69. The van der Waals surface area contributed by atoms with Gasteiger partial charge in [0.15, 0.2) is 0 Å². The van der Waals surface area contributed by atoms with Gasteiger partial charge in [-0.25, -0.2) is 4.98 Å². The van der Waals surface area contributed by atoms with Crippen LogP contribution in [0.15, 0.2) is 48.8 Å². The van der Waals surface area contributed by atoms with Gasteiger partial charge in [0, 0.05) is 18.9 Å². The van der Waals surface area contributed by atoms with E-state index >= 15 is 0 Å². The van der Waals surface area contributed by atoms with Crippen LogP contribution in [0.4, 0.5) is 0 Å². The molecular formula is C31H46N4O. The molecule has 0 aliphatic rings. The lowest BCUT2D eigenvalue weighted by Gasteiger charge is -2.16. The number of hydrogen-bond donors (Lipinski definition) is 1. The van der Waals surface area contributed by atoms with Crippen LogP contribution in [0.25, 0.3) is 11.0 Å². The number of benzene rings is 1. The number of unbranched alkanes of at least 4 members (excludes halogenated alkanes) is 13. The number of pyridine rings is 1. The molecule has 0 fully saturated rings. The minimum Gasteiger partial charge on any atom is -0.342 e. The summed E-state index contributed by atoms with van der Waals surface area (Å²) in [7, 11) is 0. The first-order chi connectivity index (χ1) is 17.7. The molecule has 1 N–H and O–H groups in total. The van der Waals surface area contributed by atoms with Gasteiger partial charge in [-0.2, -0.15) is 0 Å². The largest absolute Gasteiger partial charge is 0.342 e. The van der Waals surface area contributed by atoms with Gasteiger partial charge >= 0.3 is 0 Å². The monoisotopic (exact) mass is 490 g/mol. The number of imidazole rings is 1. The number of nitrogens with one attached hydrogen (secondary N) is 1. The first-order valence-corrected chi connectivity index (χ1v) is 14.4. The molecule has 5 nitrogen and oxygen atoms in total. The molecule has 0 spiro atoms. The van der Waals surface area contributed by atoms with E-state index in [0.717, 1.165) is 29.8 Å². The van der Waals surface area contributed by atoms with Crippen LogP contribution in [0.2, 0.25) is 0 Å². The summed E-state index contributed by atoms with van der Waals surface area (Å²) < 4.78 is 2.30. The fourth-order valence-corrected chi connectivity index (χ4v) is 4.97. The zero-order chi connectivity index (χ0) is 25.4. The molecular weight excluding hydrogens is 444 g/mol. The molecule has 0 saturated heterocycles. The van der Waals surface area contributed by atoms with Gasteiger partial charge in [-0.15, -0.1) is 0 Å². The molecule has 0 aliphatic heterocycles. The van der Waals surface area contributed by atoms with Gasteiger partial charge in [0.1, 0.15) is 5.82 Å². The molecule has 0 aliphatic carbocycles. The summed E-state index contributed by atoms with van der Waals surface area (Å²) >= 11 is 0. The number of hydrogen-bond acceptors (Lipinski definition) is 3. The zero-order valence-corrected chi connectivity index (χ0v) is 22.6. The number of carbonyl (C=O) groups is 1. The molecule has 5 heteroatoms. The van der Waals surface area contributed by atoms with Crippen molar-refractivity contribution in [3.05, 3.63) is 60.2 Å². The molecule has 196 valence electrons. The quantitative estimate of drug-likeness (QED) is 0.182. The van der Waals surface area contributed by atoms with Crippen molar-refractivity contribution in [2.24, 2.45) is 0 Å². The third-order valence-electron chi connectivity index (χ3n) is 7.08. The lowest BCUT2D eigenvalue weighted by atomic mass is 10.0. The normalized spacial score (nSPS) is 12.2. The molecule has 1 amide bonds. The second-order valence-electron chi connectivity index (χ2n) is 10.1. The molecule has 0 saturated carbocycles. The van der Waals surface area contributed by atoms with Gasteiger partial charge in [0.25, 0.3) is 5.91 Å². The molecule has 2 aromatic heterocycles. The van der Waals surface area contributed by atoms with Crippen molar-refractivity contribution in [2.75, 3.05) is 0 Å².